The first-order valence-corrected chi connectivity index (χ1v) is 5.87. The first-order chi connectivity index (χ1) is 7.15. The van der Waals surface area contributed by atoms with Gasteiger partial charge in [-0.05, 0) is 25.1 Å². The molecule has 15 heavy (non-hydrogen) atoms. The third kappa shape index (κ3) is 2.54. The summed E-state index contributed by atoms with van der Waals surface area (Å²) < 4.78 is 19.3. The Morgan fingerprint density at radius 3 is 2.87 bits per heavy atom. The zero-order chi connectivity index (χ0) is 10.8. The van der Waals surface area contributed by atoms with Crippen LogP contribution in [0.25, 0.3) is 0 Å². The summed E-state index contributed by atoms with van der Waals surface area (Å²) in [7, 11) is 0. The highest BCUT2D eigenvalue weighted by Crippen LogP contribution is 2.28. The van der Waals surface area contributed by atoms with Gasteiger partial charge >= 0.3 is 0 Å². The predicted octanol–water partition coefficient (Wildman–Crippen LogP) is 4.15. The maximum Gasteiger partial charge on any atom is 0.278 e. The third-order valence-electron chi connectivity index (χ3n) is 1.69. The van der Waals surface area contributed by atoms with Crippen molar-refractivity contribution in [3.8, 4) is 10.9 Å². The molecule has 1 aromatic carbocycles. The second kappa shape index (κ2) is 4.28. The van der Waals surface area contributed by atoms with Gasteiger partial charge < -0.3 is 4.74 Å². The second-order valence-corrected chi connectivity index (χ2v) is 4.67. The molecule has 0 amide bonds. The van der Waals surface area contributed by atoms with Crippen LogP contribution in [0.5, 0.6) is 10.9 Å². The Balaban J connectivity index is 2.24. The molecule has 0 fully saturated rings. The standard InChI is InChI=1S/C10H7BrFNOS/c1-6-5-15-10(13-6)14-9-3-2-7(11)4-8(9)12/h2-5H,1H3. The number of ether oxygens (including phenoxy) is 1. The maximum atomic E-state index is 13.4. The molecule has 2 rings (SSSR count). The van der Waals surface area contributed by atoms with Gasteiger partial charge in [-0.15, -0.1) is 0 Å². The van der Waals surface area contributed by atoms with Crippen LogP contribution < -0.4 is 4.74 Å². The fourth-order valence-corrected chi connectivity index (χ4v) is 2.02. The van der Waals surface area contributed by atoms with E-state index in [0.717, 1.165) is 5.69 Å². The summed E-state index contributed by atoms with van der Waals surface area (Å²) in [6.45, 7) is 1.86. The molecule has 1 aromatic heterocycles. The average molecular weight is 288 g/mol. The smallest absolute Gasteiger partial charge is 0.278 e. The van der Waals surface area contributed by atoms with E-state index in [1.54, 1.807) is 12.1 Å². The summed E-state index contributed by atoms with van der Waals surface area (Å²) in [6.07, 6.45) is 0. The molecule has 0 aliphatic heterocycles. The van der Waals surface area contributed by atoms with E-state index in [9.17, 15) is 4.39 Å². The Morgan fingerprint density at radius 2 is 2.27 bits per heavy atom. The van der Waals surface area contributed by atoms with Crippen LogP contribution in [0.15, 0.2) is 28.1 Å². The van der Waals surface area contributed by atoms with Crippen LogP contribution in [0.4, 0.5) is 4.39 Å². The van der Waals surface area contributed by atoms with Crippen LogP contribution >= 0.6 is 27.3 Å². The van der Waals surface area contributed by atoms with Gasteiger partial charge in [0.1, 0.15) is 0 Å². The zero-order valence-corrected chi connectivity index (χ0v) is 10.2. The number of hydrogen-bond donors (Lipinski definition) is 0. The minimum Gasteiger partial charge on any atom is -0.428 e. The van der Waals surface area contributed by atoms with Crippen molar-refractivity contribution < 1.29 is 9.13 Å². The van der Waals surface area contributed by atoms with Gasteiger partial charge in [-0.1, -0.05) is 27.3 Å². The zero-order valence-electron chi connectivity index (χ0n) is 7.83. The van der Waals surface area contributed by atoms with Crippen LogP contribution in [0.3, 0.4) is 0 Å². The normalized spacial score (nSPS) is 10.3. The number of rotatable bonds is 2. The first kappa shape index (κ1) is 10.6. The van der Waals surface area contributed by atoms with Crippen molar-refractivity contribution in [1.29, 1.82) is 0 Å². The average Bonchev–Trinajstić information content (AvgIpc) is 2.56. The summed E-state index contributed by atoms with van der Waals surface area (Å²) in [4.78, 5) is 4.09. The first-order valence-electron chi connectivity index (χ1n) is 4.20. The highest BCUT2D eigenvalue weighted by Gasteiger charge is 2.07. The van der Waals surface area contributed by atoms with Crippen LogP contribution in [0, 0.1) is 12.7 Å². The number of hydrogen-bond acceptors (Lipinski definition) is 3. The highest BCUT2D eigenvalue weighted by atomic mass is 79.9. The van der Waals surface area contributed by atoms with E-state index in [1.165, 1.54) is 17.4 Å². The van der Waals surface area contributed by atoms with Crippen LogP contribution in [-0.4, -0.2) is 4.98 Å². The molecule has 0 bridgehead atoms. The van der Waals surface area contributed by atoms with Gasteiger partial charge in [0, 0.05) is 9.85 Å². The van der Waals surface area contributed by atoms with E-state index in [0.29, 0.717) is 9.67 Å². The van der Waals surface area contributed by atoms with E-state index in [4.69, 9.17) is 4.74 Å². The van der Waals surface area contributed by atoms with Crippen LogP contribution in [0.1, 0.15) is 5.69 Å². The second-order valence-electron chi connectivity index (χ2n) is 2.93. The Labute approximate surface area is 98.9 Å². The van der Waals surface area contributed by atoms with Gasteiger partial charge in [0.2, 0.25) is 0 Å². The summed E-state index contributed by atoms with van der Waals surface area (Å²) in [6, 6.07) is 4.64. The van der Waals surface area contributed by atoms with Gasteiger partial charge in [0.05, 0.1) is 5.69 Å². The quantitative estimate of drug-likeness (QED) is 0.828. The SMILES string of the molecule is Cc1csc(Oc2ccc(Br)cc2F)n1. The van der Waals surface area contributed by atoms with E-state index in [-0.39, 0.29) is 5.75 Å². The lowest BCUT2D eigenvalue weighted by atomic mass is 10.3. The maximum absolute atomic E-state index is 13.4. The van der Waals surface area contributed by atoms with Gasteiger partial charge in [-0.2, -0.15) is 0 Å². The fraction of sp³-hybridized carbons (Fsp3) is 0.100. The molecule has 5 heteroatoms. The predicted molar refractivity (Wildman–Crippen MR) is 61.0 cm³/mol. The van der Waals surface area contributed by atoms with Gasteiger partial charge in [0.15, 0.2) is 11.6 Å². The summed E-state index contributed by atoms with van der Waals surface area (Å²) in [5.74, 6) is -0.218. The van der Waals surface area contributed by atoms with Gasteiger partial charge in [-0.25, -0.2) is 9.37 Å². The number of nitrogens with zero attached hydrogens (tertiary/aromatic N) is 1. The molecule has 0 saturated heterocycles. The topological polar surface area (TPSA) is 22.1 Å². The van der Waals surface area contributed by atoms with E-state index < -0.39 is 5.82 Å². The molecule has 0 unspecified atom stereocenters. The van der Waals surface area contributed by atoms with Crippen molar-refractivity contribution in [3.63, 3.8) is 0 Å². The van der Waals surface area contributed by atoms with Crippen molar-refractivity contribution in [2.24, 2.45) is 0 Å². The molecule has 0 aliphatic rings. The number of aromatic nitrogens is 1. The van der Waals surface area contributed by atoms with Gasteiger partial charge in [-0.3, -0.25) is 0 Å². The van der Waals surface area contributed by atoms with Crippen molar-refractivity contribution in [2.75, 3.05) is 0 Å². The fourth-order valence-electron chi connectivity index (χ4n) is 1.03. The largest absolute Gasteiger partial charge is 0.428 e. The number of halogens is 2. The molecule has 0 radical (unpaired) electrons. The summed E-state index contributed by atoms with van der Waals surface area (Å²) in [5.41, 5.74) is 0.868. The molecule has 0 atom stereocenters. The monoisotopic (exact) mass is 287 g/mol. The highest BCUT2D eigenvalue weighted by molar-refractivity contribution is 9.10. The Kier molecular flexibility index (Phi) is 3.02. The summed E-state index contributed by atoms with van der Waals surface area (Å²) in [5, 5.41) is 2.31. The van der Waals surface area contributed by atoms with Crippen molar-refractivity contribution in [2.45, 2.75) is 6.92 Å². The molecule has 2 nitrogen and oxygen atoms in total. The number of aryl methyl sites for hydroxylation is 1. The molecule has 0 spiro atoms. The Bertz CT molecular complexity index is 486. The Morgan fingerprint density at radius 1 is 1.47 bits per heavy atom. The van der Waals surface area contributed by atoms with Crippen molar-refractivity contribution in [3.05, 3.63) is 39.6 Å². The van der Waals surface area contributed by atoms with Gasteiger partial charge in [0.25, 0.3) is 5.19 Å². The van der Waals surface area contributed by atoms with E-state index >= 15 is 0 Å². The minimum absolute atomic E-state index is 0.188. The molecular weight excluding hydrogens is 281 g/mol. The van der Waals surface area contributed by atoms with Crippen LogP contribution in [-0.2, 0) is 0 Å². The van der Waals surface area contributed by atoms with Crippen LogP contribution in [0.2, 0.25) is 0 Å². The molecule has 0 saturated carbocycles. The lowest BCUT2D eigenvalue weighted by Crippen LogP contribution is -1.87. The van der Waals surface area contributed by atoms with E-state index in [1.807, 2.05) is 12.3 Å². The molecule has 2 aromatic rings. The lowest BCUT2D eigenvalue weighted by Gasteiger charge is -2.02. The number of benzene rings is 1. The molecule has 0 N–H and O–H groups in total. The summed E-state index contributed by atoms with van der Waals surface area (Å²) >= 11 is 4.52. The third-order valence-corrected chi connectivity index (χ3v) is 3.02. The molecule has 0 aliphatic carbocycles. The minimum atomic E-state index is -0.405. The lowest BCUT2D eigenvalue weighted by molar-refractivity contribution is 0.438. The van der Waals surface area contributed by atoms with Crippen molar-refractivity contribution in [1.82, 2.24) is 4.98 Å². The molecular formula is C10H7BrFNOS. The van der Waals surface area contributed by atoms with Crippen molar-refractivity contribution >= 4 is 27.3 Å². The van der Waals surface area contributed by atoms with E-state index in [2.05, 4.69) is 20.9 Å². The molecule has 78 valence electrons. The molecule has 1 heterocycles. The Hall–Kier alpha value is -0.940. The number of thiazole rings is 1.